The molecule has 0 aliphatic carbocycles. The van der Waals surface area contributed by atoms with Gasteiger partial charge in [0.05, 0.1) is 0 Å². The van der Waals surface area contributed by atoms with Crippen LogP contribution in [0.2, 0.25) is 0 Å². The Labute approximate surface area is 148 Å². The van der Waals surface area contributed by atoms with Gasteiger partial charge in [0.2, 0.25) is 0 Å². The maximum absolute atomic E-state index is 12.4. The quantitative estimate of drug-likeness (QED) is 0.435. The number of fused-ring (bicyclic) bond motifs is 1. The second-order valence-corrected chi connectivity index (χ2v) is 7.85. The lowest BCUT2D eigenvalue weighted by molar-refractivity contribution is 0.484. The first-order valence-electron chi connectivity index (χ1n) is 6.29. The Bertz CT molecular complexity index is 1060. The van der Waals surface area contributed by atoms with E-state index in [0.717, 1.165) is 0 Å². The fourth-order valence-electron chi connectivity index (χ4n) is 1.93. The number of hydrogen-bond acceptors (Lipinski definition) is 5. The van der Waals surface area contributed by atoms with E-state index in [0.29, 0.717) is 14.3 Å². The predicted molar refractivity (Wildman–Crippen MR) is 92.1 cm³/mol. The van der Waals surface area contributed by atoms with Gasteiger partial charge in [-0.2, -0.15) is 8.42 Å². The van der Waals surface area contributed by atoms with Crippen LogP contribution in [0, 0.1) is 0 Å². The van der Waals surface area contributed by atoms with Crippen LogP contribution in [-0.2, 0) is 10.1 Å². The van der Waals surface area contributed by atoms with Crippen molar-refractivity contribution in [2.45, 2.75) is 4.90 Å². The highest BCUT2D eigenvalue weighted by Crippen LogP contribution is 2.29. The van der Waals surface area contributed by atoms with Crippen LogP contribution >= 0.6 is 31.9 Å². The second-order valence-electron chi connectivity index (χ2n) is 4.57. The van der Waals surface area contributed by atoms with E-state index in [4.69, 9.17) is 8.60 Å². The molecule has 0 saturated carbocycles. The van der Waals surface area contributed by atoms with Crippen molar-refractivity contribution in [3.05, 3.63) is 67.9 Å². The molecule has 0 radical (unpaired) electrons. The lowest BCUT2D eigenvalue weighted by atomic mass is 10.2. The van der Waals surface area contributed by atoms with Gasteiger partial charge in [0.25, 0.3) is 0 Å². The molecule has 0 aliphatic rings. The molecule has 1 heterocycles. The third kappa shape index (κ3) is 3.49. The normalized spacial score (nSPS) is 11.6. The van der Waals surface area contributed by atoms with Crippen LogP contribution in [0.5, 0.6) is 5.75 Å². The summed E-state index contributed by atoms with van der Waals surface area (Å²) in [5.41, 5.74) is -0.272. The number of benzene rings is 2. The van der Waals surface area contributed by atoms with Crippen LogP contribution in [0.4, 0.5) is 0 Å². The predicted octanol–water partition coefficient (Wildman–Crippen LogP) is 4.09. The lowest BCUT2D eigenvalue weighted by Crippen LogP contribution is -2.10. The fraction of sp³-hybridized carbons (Fsp3) is 0. The average Bonchev–Trinajstić information content (AvgIpc) is 2.48. The van der Waals surface area contributed by atoms with E-state index in [-0.39, 0.29) is 16.2 Å². The Morgan fingerprint density at radius 1 is 0.957 bits per heavy atom. The first-order valence-corrected chi connectivity index (χ1v) is 9.28. The third-order valence-electron chi connectivity index (χ3n) is 2.96. The smallest absolute Gasteiger partial charge is 0.340 e. The highest BCUT2D eigenvalue weighted by Gasteiger charge is 2.21. The molecule has 0 saturated heterocycles. The summed E-state index contributed by atoms with van der Waals surface area (Å²) in [6, 6.07) is 12.1. The van der Waals surface area contributed by atoms with Gasteiger partial charge < -0.3 is 8.60 Å². The Morgan fingerprint density at radius 2 is 1.70 bits per heavy atom. The molecule has 0 N–H and O–H groups in total. The molecule has 0 bridgehead atoms. The summed E-state index contributed by atoms with van der Waals surface area (Å²) in [6.45, 7) is 0. The van der Waals surface area contributed by atoms with E-state index in [9.17, 15) is 13.2 Å². The van der Waals surface area contributed by atoms with E-state index in [2.05, 4.69) is 31.9 Å². The van der Waals surface area contributed by atoms with Gasteiger partial charge in [0.1, 0.15) is 16.2 Å². The molecule has 3 aromatic rings. The molecule has 8 heteroatoms. The summed E-state index contributed by atoms with van der Waals surface area (Å²) < 4.78 is 36.0. The van der Waals surface area contributed by atoms with E-state index < -0.39 is 15.7 Å². The van der Waals surface area contributed by atoms with Crippen molar-refractivity contribution in [2.24, 2.45) is 0 Å². The van der Waals surface area contributed by atoms with E-state index >= 15 is 0 Å². The van der Waals surface area contributed by atoms with Crippen molar-refractivity contribution in [2.75, 3.05) is 0 Å². The first kappa shape index (κ1) is 16.2. The zero-order chi connectivity index (χ0) is 16.6. The SMILES string of the molecule is O=c1ccc2ccc(OS(=O)(=O)c3cc(Br)ccc3Br)cc2o1. The zero-order valence-electron chi connectivity index (χ0n) is 11.3. The first-order chi connectivity index (χ1) is 10.8. The van der Waals surface area contributed by atoms with Crippen molar-refractivity contribution in [3.8, 4) is 5.75 Å². The van der Waals surface area contributed by atoms with E-state index in [1.807, 2.05) is 0 Å². The molecule has 0 spiro atoms. The summed E-state index contributed by atoms with van der Waals surface area (Å²) >= 11 is 6.41. The number of halogens is 2. The summed E-state index contributed by atoms with van der Waals surface area (Å²) in [4.78, 5) is 11.2. The maximum atomic E-state index is 12.4. The largest absolute Gasteiger partial charge is 0.423 e. The van der Waals surface area contributed by atoms with Crippen molar-refractivity contribution in [3.63, 3.8) is 0 Å². The van der Waals surface area contributed by atoms with Crippen LogP contribution in [-0.4, -0.2) is 8.42 Å². The van der Waals surface area contributed by atoms with Crippen LogP contribution < -0.4 is 9.81 Å². The van der Waals surface area contributed by atoms with Gasteiger partial charge in [0.15, 0.2) is 0 Å². The molecule has 0 amide bonds. The molecule has 118 valence electrons. The minimum atomic E-state index is -4.04. The zero-order valence-corrected chi connectivity index (χ0v) is 15.3. The molecule has 0 fully saturated rings. The van der Waals surface area contributed by atoms with Gasteiger partial charge in [-0.3, -0.25) is 0 Å². The molecular formula is C15H8Br2O5S. The minimum Gasteiger partial charge on any atom is -0.423 e. The Hall–Kier alpha value is -1.64. The molecule has 0 unspecified atom stereocenters. The highest BCUT2D eigenvalue weighted by atomic mass is 79.9. The van der Waals surface area contributed by atoms with Gasteiger partial charge in [0, 0.05) is 26.5 Å². The third-order valence-corrected chi connectivity index (χ3v) is 5.70. The molecule has 5 nitrogen and oxygen atoms in total. The van der Waals surface area contributed by atoms with Gasteiger partial charge >= 0.3 is 15.7 Å². The molecular weight excluding hydrogens is 452 g/mol. The Kier molecular flexibility index (Phi) is 4.31. The van der Waals surface area contributed by atoms with E-state index in [1.165, 1.54) is 24.3 Å². The molecule has 0 aliphatic heterocycles. The topological polar surface area (TPSA) is 73.6 Å². The molecule has 0 atom stereocenters. The molecule has 3 rings (SSSR count). The van der Waals surface area contributed by atoms with Gasteiger partial charge in [-0.05, 0) is 52.3 Å². The Morgan fingerprint density at radius 3 is 2.48 bits per heavy atom. The second kappa shape index (κ2) is 6.10. The monoisotopic (exact) mass is 458 g/mol. The average molecular weight is 460 g/mol. The maximum Gasteiger partial charge on any atom is 0.340 e. The van der Waals surface area contributed by atoms with Crippen molar-refractivity contribution < 1.29 is 17.0 Å². The van der Waals surface area contributed by atoms with Gasteiger partial charge in [-0.1, -0.05) is 15.9 Å². The van der Waals surface area contributed by atoms with Crippen molar-refractivity contribution >= 4 is 52.9 Å². The van der Waals surface area contributed by atoms with Crippen LogP contribution in [0.3, 0.4) is 0 Å². The van der Waals surface area contributed by atoms with Crippen LogP contribution in [0.25, 0.3) is 11.0 Å². The summed E-state index contributed by atoms with van der Waals surface area (Å²) in [5, 5.41) is 0.665. The van der Waals surface area contributed by atoms with Gasteiger partial charge in [-0.15, -0.1) is 0 Å². The standard InChI is InChI=1S/C15H8Br2O5S/c16-10-3-5-12(17)14(7-10)23(19,20)22-11-4-1-9-2-6-15(18)21-13(9)8-11/h1-8H. The van der Waals surface area contributed by atoms with Crippen LogP contribution in [0.15, 0.2) is 71.6 Å². The number of hydrogen-bond donors (Lipinski definition) is 0. The summed E-state index contributed by atoms with van der Waals surface area (Å²) in [5.74, 6) is 0.0544. The highest BCUT2D eigenvalue weighted by molar-refractivity contribution is 9.11. The van der Waals surface area contributed by atoms with Crippen molar-refractivity contribution in [1.82, 2.24) is 0 Å². The molecule has 23 heavy (non-hydrogen) atoms. The van der Waals surface area contributed by atoms with E-state index in [1.54, 1.807) is 24.3 Å². The van der Waals surface area contributed by atoms with Crippen LogP contribution in [0.1, 0.15) is 0 Å². The Balaban J connectivity index is 2.03. The summed E-state index contributed by atoms with van der Waals surface area (Å²) in [7, 11) is -4.04. The number of rotatable bonds is 3. The van der Waals surface area contributed by atoms with Crippen molar-refractivity contribution in [1.29, 1.82) is 0 Å². The minimum absolute atomic E-state index is 0.0125. The molecule has 2 aromatic carbocycles. The van der Waals surface area contributed by atoms with Gasteiger partial charge in [-0.25, -0.2) is 4.79 Å². The molecule has 1 aromatic heterocycles. The fourth-order valence-corrected chi connectivity index (χ4v) is 4.31. The summed E-state index contributed by atoms with van der Waals surface area (Å²) in [6.07, 6.45) is 0. The lowest BCUT2D eigenvalue weighted by Gasteiger charge is -2.09.